The molecule has 182 valence electrons. The summed E-state index contributed by atoms with van der Waals surface area (Å²) in [5.41, 5.74) is 3.90. The first kappa shape index (κ1) is 23.0. The van der Waals surface area contributed by atoms with Crippen molar-refractivity contribution in [1.82, 2.24) is 15.1 Å². The van der Waals surface area contributed by atoms with Crippen LogP contribution in [0.1, 0.15) is 21.6 Å². The van der Waals surface area contributed by atoms with Crippen LogP contribution in [-0.2, 0) is 22.3 Å². The molecule has 1 saturated heterocycles. The summed E-state index contributed by atoms with van der Waals surface area (Å²) in [7, 11) is 2.14. The van der Waals surface area contributed by atoms with E-state index in [4.69, 9.17) is 9.47 Å². The van der Waals surface area contributed by atoms with E-state index in [1.807, 2.05) is 48.5 Å². The molecule has 2 aliphatic heterocycles. The summed E-state index contributed by atoms with van der Waals surface area (Å²) in [6, 6.07) is 20.0. The van der Waals surface area contributed by atoms with E-state index < -0.39 is 0 Å². The number of carbonyl (C=O) groups is 1. The van der Waals surface area contributed by atoms with E-state index in [1.54, 1.807) is 6.26 Å². The molecular weight excluding hydrogens is 442 g/mol. The fraction of sp³-hybridized carbons (Fsp3) is 0.333. The molecule has 2 N–H and O–H groups in total. The highest BCUT2D eigenvalue weighted by molar-refractivity contribution is 6.03. The first-order valence-electron chi connectivity index (χ1n) is 12.0. The quantitative estimate of drug-likeness (QED) is 0.520. The van der Waals surface area contributed by atoms with Crippen molar-refractivity contribution in [2.24, 2.45) is 5.92 Å². The Bertz CT molecular complexity index is 1150. The Balaban J connectivity index is 1.20. The van der Waals surface area contributed by atoms with Gasteiger partial charge < -0.3 is 24.6 Å². The molecule has 0 radical (unpaired) electrons. The van der Waals surface area contributed by atoms with Gasteiger partial charge in [0, 0.05) is 55.1 Å². The van der Waals surface area contributed by atoms with Crippen LogP contribution >= 0.6 is 0 Å². The van der Waals surface area contributed by atoms with Crippen LogP contribution in [0.3, 0.4) is 0 Å². The Morgan fingerprint density at radius 2 is 1.83 bits per heavy atom. The van der Waals surface area contributed by atoms with E-state index in [9.17, 15) is 4.79 Å². The second-order valence-electron chi connectivity index (χ2n) is 9.11. The predicted octanol–water partition coefficient (Wildman–Crippen LogP) is 3.66. The number of allylic oxidation sites excluding steroid dienone is 1. The van der Waals surface area contributed by atoms with Crippen LogP contribution in [0, 0.1) is 5.92 Å². The maximum atomic E-state index is 12.8. The molecule has 1 atom stereocenters. The number of aromatic nitrogens is 2. The Labute approximate surface area is 205 Å². The van der Waals surface area contributed by atoms with Gasteiger partial charge in [0.1, 0.15) is 12.0 Å². The third-order valence-electron chi connectivity index (χ3n) is 6.56. The highest BCUT2D eigenvalue weighted by Crippen LogP contribution is 2.26. The van der Waals surface area contributed by atoms with Crippen molar-refractivity contribution in [2.75, 3.05) is 50.2 Å². The minimum Gasteiger partial charge on any atom is -0.462 e. The second-order valence-corrected chi connectivity index (χ2v) is 9.11. The molecule has 1 unspecified atom stereocenters. The van der Waals surface area contributed by atoms with E-state index in [-0.39, 0.29) is 18.6 Å². The third-order valence-corrected chi connectivity index (χ3v) is 6.56. The smallest absolute Gasteiger partial charge is 0.256 e. The van der Waals surface area contributed by atoms with Gasteiger partial charge >= 0.3 is 0 Å². The molecule has 0 spiro atoms. The topological polar surface area (TPSA) is 82.7 Å². The molecule has 1 fully saturated rings. The summed E-state index contributed by atoms with van der Waals surface area (Å²) in [5, 5.41) is 10.3. The molecule has 3 heterocycles. The number of hydrogen-bond donors (Lipinski definition) is 2. The Hall–Kier alpha value is -3.78. The molecule has 8 heteroatoms. The predicted molar refractivity (Wildman–Crippen MR) is 135 cm³/mol. The van der Waals surface area contributed by atoms with Crippen LogP contribution in [0.4, 0.5) is 11.5 Å². The lowest BCUT2D eigenvalue weighted by Gasteiger charge is -2.34. The second kappa shape index (κ2) is 10.7. The summed E-state index contributed by atoms with van der Waals surface area (Å²) in [6.07, 6.45) is 3.20. The molecule has 0 aliphatic carbocycles. The van der Waals surface area contributed by atoms with Gasteiger partial charge in [0.2, 0.25) is 6.79 Å². The van der Waals surface area contributed by atoms with Gasteiger partial charge in [-0.15, -0.1) is 0 Å². The van der Waals surface area contributed by atoms with Crippen LogP contribution in [0.25, 0.3) is 0 Å². The molecule has 5 rings (SSSR count). The average molecular weight is 474 g/mol. The molecule has 2 aliphatic rings. The molecule has 2 aromatic carbocycles. The van der Waals surface area contributed by atoms with Crippen LogP contribution in [0.5, 0.6) is 0 Å². The Morgan fingerprint density at radius 3 is 2.54 bits per heavy atom. The molecule has 0 bridgehead atoms. The number of hydrogen-bond acceptors (Lipinski definition) is 6. The van der Waals surface area contributed by atoms with Crippen LogP contribution in [0.2, 0.25) is 0 Å². The zero-order chi connectivity index (χ0) is 24.0. The van der Waals surface area contributed by atoms with Crippen molar-refractivity contribution in [3.05, 3.63) is 89.5 Å². The number of nitrogens with zero attached hydrogens (tertiary/aromatic N) is 3. The van der Waals surface area contributed by atoms with Gasteiger partial charge in [-0.25, -0.2) is 0 Å². The summed E-state index contributed by atoms with van der Waals surface area (Å²) >= 11 is 0. The van der Waals surface area contributed by atoms with Gasteiger partial charge in [-0.1, -0.05) is 30.3 Å². The van der Waals surface area contributed by atoms with Crippen molar-refractivity contribution in [1.29, 1.82) is 0 Å². The summed E-state index contributed by atoms with van der Waals surface area (Å²) in [4.78, 5) is 17.5. The molecule has 1 aromatic heterocycles. The third kappa shape index (κ3) is 5.84. The van der Waals surface area contributed by atoms with Crippen LogP contribution in [0.15, 0.2) is 72.7 Å². The van der Waals surface area contributed by atoms with Gasteiger partial charge in [0.15, 0.2) is 5.82 Å². The number of ether oxygens (including phenoxy) is 2. The van der Waals surface area contributed by atoms with Crippen LogP contribution < -0.4 is 10.2 Å². The molecule has 3 aromatic rings. The highest BCUT2D eigenvalue weighted by atomic mass is 16.7. The van der Waals surface area contributed by atoms with Gasteiger partial charge in [-0.3, -0.25) is 9.89 Å². The molecular formula is C27H31N5O3. The number of nitrogens with one attached hydrogen (secondary N) is 2. The van der Waals surface area contributed by atoms with E-state index in [0.29, 0.717) is 17.8 Å². The fourth-order valence-corrected chi connectivity index (χ4v) is 4.51. The first-order valence-corrected chi connectivity index (χ1v) is 12.0. The van der Waals surface area contributed by atoms with E-state index >= 15 is 0 Å². The lowest BCUT2D eigenvalue weighted by atomic mass is 9.93. The van der Waals surface area contributed by atoms with Crippen LogP contribution in [-0.4, -0.2) is 61.0 Å². The molecule has 0 saturated carbocycles. The average Bonchev–Trinajstić information content (AvgIpc) is 3.58. The molecule has 8 nitrogen and oxygen atoms in total. The standard InChI is InChI=1S/C27H31N5O3/c1-31-11-13-32(14-12-31)24-9-7-21(8-10-24)27(33)28-26-17-23(29-30-26)16-22(25-18-34-19-35-25)15-20-5-3-2-4-6-20/h2-10,17-18,22H,11-16,19H2,1H3,(H2,28,29,30,33). The highest BCUT2D eigenvalue weighted by Gasteiger charge is 2.22. The lowest BCUT2D eigenvalue weighted by molar-refractivity contribution is 0.0703. The Kier molecular flexibility index (Phi) is 6.99. The number of aromatic amines is 1. The normalized spacial score (nSPS) is 16.8. The van der Waals surface area contributed by atoms with E-state index in [2.05, 4.69) is 44.5 Å². The van der Waals surface area contributed by atoms with Crippen molar-refractivity contribution < 1.29 is 14.3 Å². The number of carbonyl (C=O) groups excluding carboxylic acids is 1. The van der Waals surface area contributed by atoms with Gasteiger partial charge in [0.25, 0.3) is 5.91 Å². The SMILES string of the molecule is CN1CCN(c2ccc(C(=O)Nc3cc(CC(Cc4ccccc4)C4=COCO4)[nH]n3)cc2)CC1. The summed E-state index contributed by atoms with van der Waals surface area (Å²) in [5.74, 6) is 1.26. The zero-order valence-electron chi connectivity index (χ0n) is 19.9. The van der Waals surface area contributed by atoms with Crippen molar-refractivity contribution in [3.8, 4) is 0 Å². The molecule has 35 heavy (non-hydrogen) atoms. The Morgan fingerprint density at radius 1 is 1.06 bits per heavy atom. The number of anilines is 2. The van der Waals surface area contributed by atoms with Gasteiger partial charge in [-0.2, -0.15) is 5.10 Å². The monoisotopic (exact) mass is 473 g/mol. The zero-order valence-corrected chi connectivity index (χ0v) is 19.9. The van der Waals surface area contributed by atoms with E-state index in [0.717, 1.165) is 49.7 Å². The number of rotatable bonds is 8. The number of amides is 1. The number of benzene rings is 2. The minimum atomic E-state index is -0.177. The number of H-pyrrole nitrogens is 1. The maximum Gasteiger partial charge on any atom is 0.256 e. The maximum absolute atomic E-state index is 12.8. The summed E-state index contributed by atoms with van der Waals surface area (Å²) in [6.45, 7) is 4.34. The van der Waals surface area contributed by atoms with Crippen molar-refractivity contribution in [3.63, 3.8) is 0 Å². The number of piperazine rings is 1. The van der Waals surface area contributed by atoms with Gasteiger partial charge in [0.05, 0.1) is 0 Å². The fourth-order valence-electron chi connectivity index (χ4n) is 4.51. The van der Waals surface area contributed by atoms with Crippen molar-refractivity contribution in [2.45, 2.75) is 12.8 Å². The first-order chi connectivity index (χ1) is 17.1. The summed E-state index contributed by atoms with van der Waals surface area (Å²) < 4.78 is 11.0. The minimum absolute atomic E-state index is 0.103. The van der Waals surface area contributed by atoms with Gasteiger partial charge in [-0.05, 0) is 49.7 Å². The molecule has 1 amide bonds. The van der Waals surface area contributed by atoms with E-state index in [1.165, 1.54) is 5.56 Å². The number of likely N-dealkylation sites (N-methyl/N-ethyl adjacent to an activating group) is 1. The lowest BCUT2D eigenvalue weighted by Crippen LogP contribution is -2.44. The van der Waals surface area contributed by atoms with Crippen molar-refractivity contribution >= 4 is 17.4 Å². The largest absolute Gasteiger partial charge is 0.462 e.